The Labute approximate surface area is 179 Å². The first-order chi connectivity index (χ1) is 14.8. The maximum absolute atomic E-state index is 12.5. The van der Waals surface area contributed by atoms with Gasteiger partial charge < -0.3 is 35.6 Å². The fraction of sp³-hybridized carbons (Fsp3) is 0.333. The Bertz CT molecular complexity index is 933. The van der Waals surface area contributed by atoms with Gasteiger partial charge in [0, 0.05) is 0 Å². The summed E-state index contributed by atoms with van der Waals surface area (Å²) in [4.78, 5) is 25.7. The summed E-state index contributed by atoms with van der Waals surface area (Å²) < 4.78 is 5.71. The summed E-state index contributed by atoms with van der Waals surface area (Å²) in [7, 11) is -1.56. The molecule has 31 heavy (non-hydrogen) atoms. The Kier molecular flexibility index (Phi) is 7.16. The first-order valence-corrected chi connectivity index (χ1v) is 9.95. The molecule has 1 aliphatic rings. The zero-order valence-electron chi connectivity index (χ0n) is 16.8. The van der Waals surface area contributed by atoms with E-state index in [9.17, 15) is 19.8 Å². The number of nitrogens with two attached hydrogens (primary N) is 1. The molecule has 1 fully saturated rings. The number of hydrogen-bond acceptors (Lipinski definition) is 7. The average Bonchev–Trinajstić information content (AvgIpc) is 2.69. The van der Waals surface area contributed by atoms with Gasteiger partial charge in [-0.25, -0.2) is 4.79 Å². The number of carbonyl (C=O) groups is 2. The minimum Gasteiger partial charge on any atom is -0.507 e. The molecular formula is C21H25BN2O7. The Morgan fingerprint density at radius 3 is 2.45 bits per heavy atom. The van der Waals surface area contributed by atoms with Gasteiger partial charge in [-0.05, 0) is 36.4 Å². The van der Waals surface area contributed by atoms with E-state index in [-0.39, 0.29) is 43.1 Å². The largest absolute Gasteiger partial charge is 0.507 e. The minimum atomic E-state index is -1.56. The average molecular weight is 428 g/mol. The molecule has 2 aromatic carbocycles. The third-order valence-electron chi connectivity index (χ3n) is 5.18. The van der Waals surface area contributed by atoms with E-state index in [1.807, 2.05) is 30.3 Å². The smallest absolute Gasteiger partial charge is 0.451 e. The van der Waals surface area contributed by atoms with Crippen LogP contribution in [0.3, 0.4) is 0 Å². The Balaban J connectivity index is 1.59. The Morgan fingerprint density at radius 1 is 1.16 bits per heavy atom. The van der Waals surface area contributed by atoms with E-state index >= 15 is 0 Å². The van der Waals surface area contributed by atoms with Crippen LogP contribution in [-0.2, 0) is 17.6 Å². The number of benzene rings is 2. The van der Waals surface area contributed by atoms with Gasteiger partial charge in [0.1, 0.15) is 23.2 Å². The van der Waals surface area contributed by atoms with Gasteiger partial charge in [-0.2, -0.15) is 0 Å². The normalized spacial score (nSPS) is 14.6. The molecule has 1 amide bonds. The number of aromatic carboxylic acids is 1. The van der Waals surface area contributed by atoms with E-state index in [1.54, 1.807) is 4.90 Å². The number of carboxylic acids is 1. The summed E-state index contributed by atoms with van der Waals surface area (Å²) in [6.45, 7) is 0.527. The first-order valence-electron chi connectivity index (χ1n) is 9.95. The molecule has 1 atom stereocenters. The highest BCUT2D eigenvalue weighted by molar-refractivity contribution is 6.41. The lowest BCUT2D eigenvalue weighted by Gasteiger charge is -2.40. The topological polar surface area (TPSA) is 154 Å². The van der Waals surface area contributed by atoms with Crippen LogP contribution in [0.15, 0.2) is 42.5 Å². The molecular weight excluding hydrogens is 403 g/mol. The molecule has 6 N–H and O–H groups in total. The van der Waals surface area contributed by atoms with Crippen LogP contribution in [0.2, 0.25) is 6.32 Å². The molecule has 0 bridgehead atoms. The molecule has 164 valence electrons. The number of hydrogen-bond donors (Lipinski definition) is 5. The van der Waals surface area contributed by atoms with E-state index in [0.717, 1.165) is 5.56 Å². The summed E-state index contributed by atoms with van der Waals surface area (Å²) in [6.07, 6.45) is 0.0450. The van der Waals surface area contributed by atoms with E-state index in [0.29, 0.717) is 6.42 Å². The van der Waals surface area contributed by atoms with Gasteiger partial charge in [0.05, 0.1) is 19.1 Å². The van der Waals surface area contributed by atoms with Crippen LogP contribution in [-0.4, -0.2) is 69.4 Å². The number of phenols is 1. The fourth-order valence-corrected chi connectivity index (χ4v) is 3.47. The van der Waals surface area contributed by atoms with E-state index < -0.39 is 36.5 Å². The summed E-state index contributed by atoms with van der Waals surface area (Å²) in [5.41, 5.74) is 6.87. The van der Waals surface area contributed by atoms with Gasteiger partial charge in [0.15, 0.2) is 0 Å². The van der Waals surface area contributed by atoms with Crippen molar-refractivity contribution in [1.82, 2.24) is 4.90 Å². The Hall–Kier alpha value is -3.08. The van der Waals surface area contributed by atoms with Crippen LogP contribution in [0.25, 0.3) is 0 Å². The van der Waals surface area contributed by atoms with Gasteiger partial charge in [0.2, 0.25) is 5.91 Å². The zero-order chi connectivity index (χ0) is 22.5. The highest BCUT2D eigenvalue weighted by Gasteiger charge is 2.35. The van der Waals surface area contributed by atoms with Crippen molar-refractivity contribution >= 4 is 19.0 Å². The van der Waals surface area contributed by atoms with Crippen LogP contribution < -0.4 is 10.5 Å². The van der Waals surface area contributed by atoms with E-state index in [4.69, 9.17) is 20.5 Å². The van der Waals surface area contributed by atoms with Crippen LogP contribution in [0.1, 0.15) is 21.5 Å². The highest BCUT2D eigenvalue weighted by atomic mass is 16.5. The van der Waals surface area contributed by atoms with E-state index in [1.165, 1.54) is 12.1 Å². The SMILES string of the molecule is N[C@H](Cc1ccccc1)C(=O)N1CC(Oc2ccc(CCB(O)O)c(O)c2C(=O)O)C1. The van der Waals surface area contributed by atoms with Gasteiger partial charge in [-0.1, -0.05) is 36.4 Å². The Morgan fingerprint density at radius 2 is 1.84 bits per heavy atom. The lowest BCUT2D eigenvalue weighted by atomic mass is 9.82. The van der Waals surface area contributed by atoms with Crippen molar-refractivity contribution in [2.24, 2.45) is 5.73 Å². The molecule has 1 heterocycles. The molecule has 0 saturated carbocycles. The third-order valence-corrected chi connectivity index (χ3v) is 5.18. The van der Waals surface area contributed by atoms with Crippen molar-refractivity contribution in [2.75, 3.05) is 13.1 Å². The second-order valence-corrected chi connectivity index (χ2v) is 7.55. The second kappa shape index (κ2) is 9.82. The first kappa shape index (κ1) is 22.6. The molecule has 0 radical (unpaired) electrons. The number of amides is 1. The number of nitrogens with zero attached hydrogens (tertiary/aromatic N) is 1. The van der Waals surface area contributed by atoms with Gasteiger partial charge in [-0.3, -0.25) is 4.79 Å². The molecule has 10 heteroatoms. The van der Waals surface area contributed by atoms with Gasteiger partial charge >= 0.3 is 13.1 Å². The fourth-order valence-electron chi connectivity index (χ4n) is 3.47. The molecule has 0 spiro atoms. The monoisotopic (exact) mass is 428 g/mol. The summed E-state index contributed by atoms with van der Waals surface area (Å²) in [5, 5.41) is 37.7. The number of ether oxygens (including phenoxy) is 1. The highest BCUT2D eigenvalue weighted by Crippen LogP contribution is 2.34. The molecule has 0 aliphatic carbocycles. The molecule has 9 nitrogen and oxygen atoms in total. The van der Waals surface area contributed by atoms with Gasteiger partial charge in [-0.15, -0.1) is 0 Å². The molecule has 2 aromatic rings. The summed E-state index contributed by atoms with van der Waals surface area (Å²) in [6, 6.07) is 11.7. The van der Waals surface area contributed by atoms with Crippen LogP contribution in [0.4, 0.5) is 0 Å². The predicted octanol–water partition coefficient (Wildman–Crippen LogP) is 0.265. The predicted molar refractivity (Wildman–Crippen MR) is 113 cm³/mol. The maximum atomic E-state index is 12.5. The van der Waals surface area contributed by atoms with Crippen LogP contribution >= 0.6 is 0 Å². The number of aromatic hydroxyl groups is 1. The summed E-state index contributed by atoms with van der Waals surface area (Å²) >= 11 is 0. The van der Waals surface area contributed by atoms with Crippen molar-refractivity contribution in [3.05, 3.63) is 59.2 Å². The maximum Gasteiger partial charge on any atom is 0.451 e. The van der Waals surface area contributed by atoms with E-state index in [2.05, 4.69) is 0 Å². The molecule has 1 saturated heterocycles. The second-order valence-electron chi connectivity index (χ2n) is 7.55. The van der Waals surface area contributed by atoms with Crippen LogP contribution in [0.5, 0.6) is 11.5 Å². The number of carbonyl (C=O) groups excluding carboxylic acids is 1. The van der Waals surface area contributed by atoms with Crippen molar-refractivity contribution < 1.29 is 34.6 Å². The third kappa shape index (κ3) is 5.54. The lowest BCUT2D eigenvalue weighted by molar-refractivity contribution is -0.141. The van der Waals surface area contributed by atoms with Gasteiger partial charge in [0.25, 0.3) is 0 Å². The number of carboxylic acid groups (broad SMARTS) is 1. The van der Waals surface area contributed by atoms with Crippen molar-refractivity contribution in [3.8, 4) is 11.5 Å². The zero-order valence-corrected chi connectivity index (χ0v) is 16.8. The molecule has 0 unspecified atom stereocenters. The number of likely N-dealkylation sites (tertiary alicyclic amines) is 1. The van der Waals surface area contributed by atoms with Crippen molar-refractivity contribution in [1.29, 1.82) is 0 Å². The number of rotatable bonds is 9. The number of aryl methyl sites for hydroxylation is 1. The minimum absolute atomic E-state index is 0.0102. The standard InChI is InChI=1S/C21H25BN2O7/c23-16(10-13-4-2-1-3-5-13)20(26)24-11-15(12-24)31-17-7-6-14(8-9-22(29)30)19(25)18(17)21(27)28/h1-7,15-16,25,29-30H,8-12,23H2,(H,27,28)/t16-/m1/s1. The molecule has 1 aliphatic heterocycles. The van der Waals surface area contributed by atoms with Crippen molar-refractivity contribution in [3.63, 3.8) is 0 Å². The lowest BCUT2D eigenvalue weighted by Crippen LogP contribution is -2.60. The molecule has 0 aromatic heterocycles. The quantitative estimate of drug-likeness (QED) is 0.357. The van der Waals surface area contributed by atoms with Crippen LogP contribution in [0, 0.1) is 0 Å². The summed E-state index contributed by atoms with van der Waals surface area (Å²) in [5.74, 6) is -2.05. The molecule has 3 rings (SSSR count). The van der Waals surface area contributed by atoms with Crippen molar-refractivity contribution in [2.45, 2.75) is 31.3 Å².